The van der Waals surface area contributed by atoms with Gasteiger partial charge in [0.15, 0.2) is 0 Å². The molecule has 0 aliphatic carbocycles. The highest BCUT2D eigenvalue weighted by Crippen LogP contribution is 2.17. The molecule has 6 heteroatoms. The lowest BCUT2D eigenvalue weighted by Crippen LogP contribution is -2.13. The zero-order chi connectivity index (χ0) is 14.8. The van der Waals surface area contributed by atoms with E-state index in [2.05, 4.69) is 4.72 Å². The zero-order valence-electron chi connectivity index (χ0n) is 10.7. The Morgan fingerprint density at radius 1 is 1.10 bits per heavy atom. The van der Waals surface area contributed by atoms with E-state index in [0.717, 1.165) is 5.56 Å². The lowest BCUT2D eigenvalue weighted by Gasteiger charge is -2.08. The first-order chi connectivity index (χ1) is 9.38. The number of carboxylic acid groups (broad SMARTS) is 1. The van der Waals surface area contributed by atoms with Gasteiger partial charge in [0.05, 0.1) is 10.5 Å². The van der Waals surface area contributed by atoms with Crippen LogP contribution in [0.3, 0.4) is 0 Å². The number of benzene rings is 2. The van der Waals surface area contributed by atoms with Crippen LogP contribution in [0.2, 0.25) is 0 Å². The number of carbonyl (C=O) groups is 1. The Morgan fingerprint density at radius 3 is 2.35 bits per heavy atom. The summed E-state index contributed by atoms with van der Waals surface area (Å²) in [6.45, 7) is 1.86. The molecule has 0 unspecified atom stereocenters. The Labute approximate surface area is 116 Å². The van der Waals surface area contributed by atoms with Crippen molar-refractivity contribution in [1.82, 2.24) is 0 Å². The van der Waals surface area contributed by atoms with Gasteiger partial charge in [-0.2, -0.15) is 0 Å². The summed E-state index contributed by atoms with van der Waals surface area (Å²) < 4.78 is 26.6. The van der Waals surface area contributed by atoms with Gasteiger partial charge in [-0.3, -0.25) is 4.72 Å². The molecule has 0 aliphatic heterocycles. The van der Waals surface area contributed by atoms with Crippen molar-refractivity contribution in [1.29, 1.82) is 0 Å². The monoisotopic (exact) mass is 291 g/mol. The summed E-state index contributed by atoms with van der Waals surface area (Å²) in [6.07, 6.45) is 0. The van der Waals surface area contributed by atoms with Crippen LogP contribution in [0.15, 0.2) is 53.4 Å². The highest BCUT2D eigenvalue weighted by molar-refractivity contribution is 7.92. The van der Waals surface area contributed by atoms with E-state index in [1.807, 2.05) is 6.92 Å². The van der Waals surface area contributed by atoms with E-state index in [-0.39, 0.29) is 16.1 Å². The minimum Gasteiger partial charge on any atom is -0.478 e. The Hall–Kier alpha value is -2.34. The SMILES string of the molecule is Cc1ccc(S(=O)(=O)Nc2cccc(C(=O)O)c2)cc1. The van der Waals surface area contributed by atoms with E-state index in [1.165, 1.54) is 36.4 Å². The Balaban J connectivity index is 2.31. The molecule has 0 atom stereocenters. The van der Waals surface area contributed by atoms with Gasteiger partial charge < -0.3 is 5.11 Å². The topological polar surface area (TPSA) is 83.5 Å². The minimum absolute atomic E-state index is 0.0223. The average Bonchev–Trinajstić information content (AvgIpc) is 2.39. The Kier molecular flexibility index (Phi) is 3.76. The second-order valence-electron chi connectivity index (χ2n) is 4.30. The number of hydrogen-bond donors (Lipinski definition) is 2. The van der Waals surface area contributed by atoms with E-state index < -0.39 is 16.0 Å². The number of aromatic carboxylic acids is 1. The molecular weight excluding hydrogens is 278 g/mol. The van der Waals surface area contributed by atoms with Crippen molar-refractivity contribution in [3.05, 3.63) is 59.7 Å². The molecule has 104 valence electrons. The molecule has 0 bridgehead atoms. The number of hydrogen-bond acceptors (Lipinski definition) is 3. The summed E-state index contributed by atoms with van der Waals surface area (Å²) in [7, 11) is -3.72. The predicted octanol–water partition coefficient (Wildman–Crippen LogP) is 2.49. The molecule has 0 aliphatic rings. The van der Waals surface area contributed by atoms with Gasteiger partial charge in [0.25, 0.3) is 10.0 Å². The highest BCUT2D eigenvalue weighted by atomic mass is 32.2. The van der Waals surface area contributed by atoms with Crippen LogP contribution in [0.1, 0.15) is 15.9 Å². The molecule has 2 aromatic carbocycles. The molecule has 0 amide bonds. The maximum atomic E-state index is 12.1. The summed E-state index contributed by atoms with van der Waals surface area (Å²) in [4.78, 5) is 11.0. The molecule has 0 spiro atoms. The van der Waals surface area contributed by atoms with Gasteiger partial charge in [0, 0.05) is 5.69 Å². The molecule has 0 saturated carbocycles. The number of sulfonamides is 1. The van der Waals surface area contributed by atoms with Crippen LogP contribution in [0.25, 0.3) is 0 Å². The Bertz CT molecular complexity index is 736. The highest BCUT2D eigenvalue weighted by Gasteiger charge is 2.14. The second kappa shape index (κ2) is 5.34. The number of anilines is 1. The summed E-state index contributed by atoms with van der Waals surface area (Å²) in [5, 5.41) is 8.88. The number of carboxylic acids is 1. The largest absolute Gasteiger partial charge is 0.478 e. The minimum atomic E-state index is -3.72. The lowest BCUT2D eigenvalue weighted by molar-refractivity contribution is 0.0697. The van der Waals surface area contributed by atoms with E-state index in [4.69, 9.17) is 5.11 Å². The van der Waals surface area contributed by atoms with Crippen LogP contribution in [-0.4, -0.2) is 19.5 Å². The van der Waals surface area contributed by atoms with Crippen molar-refractivity contribution in [2.45, 2.75) is 11.8 Å². The Morgan fingerprint density at radius 2 is 1.75 bits per heavy atom. The van der Waals surface area contributed by atoms with Crippen LogP contribution >= 0.6 is 0 Å². The third kappa shape index (κ3) is 3.16. The van der Waals surface area contributed by atoms with Gasteiger partial charge in [0.1, 0.15) is 0 Å². The molecule has 5 nitrogen and oxygen atoms in total. The van der Waals surface area contributed by atoms with Crippen molar-refractivity contribution < 1.29 is 18.3 Å². The van der Waals surface area contributed by atoms with E-state index in [0.29, 0.717) is 0 Å². The maximum absolute atomic E-state index is 12.1. The standard InChI is InChI=1S/C14H13NO4S/c1-10-5-7-13(8-6-10)20(18,19)15-12-4-2-3-11(9-12)14(16)17/h2-9,15H,1H3,(H,16,17). The third-order valence-electron chi connectivity index (χ3n) is 2.69. The molecule has 0 heterocycles. The van der Waals surface area contributed by atoms with E-state index in [9.17, 15) is 13.2 Å². The van der Waals surface area contributed by atoms with E-state index in [1.54, 1.807) is 12.1 Å². The number of aryl methyl sites for hydroxylation is 1. The maximum Gasteiger partial charge on any atom is 0.335 e. The normalized spacial score (nSPS) is 11.1. The van der Waals surface area contributed by atoms with Crippen LogP contribution in [0, 0.1) is 6.92 Å². The smallest absolute Gasteiger partial charge is 0.335 e. The number of nitrogens with one attached hydrogen (secondary N) is 1. The lowest BCUT2D eigenvalue weighted by atomic mass is 10.2. The first kappa shape index (κ1) is 14.1. The van der Waals surface area contributed by atoms with Gasteiger partial charge in [-0.25, -0.2) is 13.2 Å². The second-order valence-corrected chi connectivity index (χ2v) is 5.99. The molecule has 0 aromatic heterocycles. The molecule has 0 fully saturated rings. The summed E-state index contributed by atoms with van der Waals surface area (Å²) in [5.74, 6) is -1.11. The summed E-state index contributed by atoms with van der Waals surface area (Å²) >= 11 is 0. The first-order valence-corrected chi connectivity index (χ1v) is 7.30. The molecule has 2 aromatic rings. The molecule has 2 N–H and O–H groups in total. The van der Waals surface area contributed by atoms with Crippen molar-refractivity contribution in [2.24, 2.45) is 0 Å². The van der Waals surface area contributed by atoms with Crippen molar-refractivity contribution in [2.75, 3.05) is 4.72 Å². The van der Waals surface area contributed by atoms with Crippen LogP contribution in [0.4, 0.5) is 5.69 Å². The zero-order valence-corrected chi connectivity index (χ0v) is 11.5. The molecular formula is C14H13NO4S. The fourth-order valence-electron chi connectivity index (χ4n) is 1.65. The molecule has 0 saturated heterocycles. The van der Waals surface area contributed by atoms with Gasteiger partial charge in [-0.05, 0) is 37.3 Å². The average molecular weight is 291 g/mol. The van der Waals surface area contributed by atoms with Gasteiger partial charge >= 0.3 is 5.97 Å². The van der Waals surface area contributed by atoms with E-state index >= 15 is 0 Å². The summed E-state index contributed by atoms with van der Waals surface area (Å²) in [6, 6.07) is 12.0. The fraction of sp³-hybridized carbons (Fsp3) is 0.0714. The molecule has 20 heavy (non-hydrogen) atoms. The summed E-state index contributed by atoms with van der Waals surface area (Å²) in [5.41, 5.74) is 1.19. The quantitative estimate of drug-likeness (QED) is 0.906. The van der Waals surface area contributed by atoms with Crippen molar-refractivity contribution in [3.8, 4) is 0 Å². The van der Waals surface area contributed by atoms with Gasteiger partial charge in [0.2, 0.25) is 0 Å². The van der Waals surface area contributed by atoms with Crippen LogP contribution < -0.4 is 4.72 Å². The first-order valence-electron chi connectivity index (χ1n) is 5.81. The molecule has 0 radical (unpaired) electrons. The predicted molar refractivity (Wildman–Crippen MR) is 75.4 cm³/mol. The van der Waals surface area contributed by atoms with Crippen LogP contribution in [0.5, 0.6) is 0 Å². The van der Waals surface area contributed by atoms with Crippen molar-refractivity contribution >= 4 is 21.7 Å². The van der Waals surface area contributed by atoms with Gasteiger partial charge in [-0.1, -0.05) is 23.8 Å². The fourth-order valence-corrected chi connectivity index (χ4v) is 2.70. The van der Waals surface area contributed by atoms with Crippen molar-refractivity contribution in [3.63, 3.8) is 0 Å². The third-order valence-corrected chi connectivity index (χ3v) is 4.09. The van der Waals surface area contributed by atoms with Gasteiger partial charge in [-0.15, -0.1) is 0 Å². The van der Waals surface area contributed by atoms with Crippen LogP contribution in [-0.2, 0) is 10.0 Å². The number of rotatable bonds is 4. The molecule has 2 rings (SSSR count).